The second-order valence-corrected chi connectivity index (χ2v) is 11.4. The van der Waals surface area contributed by atoms with Gasteiger partial charge in [-0.2, -0.15) is 0 Å². The van der Waals surface area contributed by atoms with Crippen LogP contribution < -0.4 is 15.6 Å². The van der Waals surface area contributed by atoms with Crippen LogP contribution in [0.25, 0.3) is 0 Å². The van der Waals surface area contributed by atoms with Crippen LogP contribution in [0.15, 0.2) is 63.7 Å². The molecule has 1 aliphatic heterocycles. The molecule has 2 aliphatic rings. The molecule has 7 heteroatoms. The lowest BCUT2D eigenvalue weighted by Crippen LogP contribution is -2.37. The quantitative estimate of drug-likeness (QED) is 0.335. The molecule has 0 saturated heterocycles. The second-order valence-electron chi connectivity index (χ2n) is 10.5. The number of nitrogens with one attached hydrogen (secondary N) is 2. The number of ketones is 1. The third kappa shape index (κ3) is 4.48. The van der Waals surface area contributed by atoms with E-state index in [0.29, 0.717) is 46.5 Å². The first kappa shape index (κ1) is 24.4. The molecule has 0 bridgehead atoms. The lowest BCUT2D eigenvalue weighted by Gasteiger charge is -2.38. The van der Waals surface area contributed by atoms with Gasteiger partial charge in [-0.15, -0.1) is 0 Å². The zero-order valence-electron chi connectivity index (χ0n) is 21.3. The maximum atomic E-state index is 13.6. The van der Waals surface area contributed by atoms with Crippen LogP contribution in [0.1, 0.15) is 60.4 Å². The predicted octanol–water partition coefficient (Wildman–Crippen LogP) is 5.89. The molecule has 1 unspecified atom stereocenters. The fourth-order valence-corrected chi connectivity index (χ4v) is 6.27. The summed E-state index contributed by atoms with van der Waals surface area (Å²) in [4.78, 5) is 34.9. The summed E-state index contributed by atoms with van der Waals surface area (Å²) in [5, 5.41) is 3.95. The molecule has 0 amide bonds. The molecule has 6 nitrogen and oxygen atoms in total. The predicted molar refractivity (Wildman–Crippen MR) is 144 cm³/mol. The third-order valence-electron chi connectivity index (χ3n) is 7.01. The van der Waals surface area contributed by atoms with Crippen molar-refractivity contribution in [1.29, 1.82) is 0 Å². The number of para-hydroxylation sites is 1. The van der Waals surface area contributed by atoms with E-state index >= 15 is 0 Å². The number of anilines is 1. The van der Waals surface area contributed by atoms with E-state index in [0.717, 1.165) is 11.3 Å². The fraction of sp³-hybridized carbons (Fsp3) is 0.345. The van der Waals surface area contributed by atoms with Crippen molar-refractivity contribution in [3.8, 4) is 5.75 Å². The molecule has 0 spiro atoms. The highest BCUT2D eigenvalue weighted by molar-refractivity contribution is 7.98. The number of carbonyl (C=O) groups is 1. The lowest BCUT2D eigenvalue weighted by atomic mass is 9.69. The molecule has 2 N–H and O–H groups in total. The van der Waals surface area contributed by atoms with Crippen LogP contribution in [0.3, 0.4) is 0 Å². The molecular formula is C29H31N3O3S. The second kappa shape index (κ2) is 9.28. The number of H-pyrrole nitrogens is 1. The highest BCUT2D eigenvalue weighted by Gasteiger charge is 2.43. The number of benzene rings is 2. The van der Waals surface area contributed by atoms with Crippen LogP contribution in [0.2, 0.25) is 0 Å². The number of hydrogen-bond acceptors (Lipinski definition) is 6. The van der Waals surface area contributed by atoms with Gasteiger partial charge in [0.25, 0.3) is 5.56 Å². The first-order chi connectivity index (χ1) is 17.2. The van der Waals surface area contributed by atoms with Crippen molar-refractivity contribution in [2.45, 2.75) is 57.4 Å². The molecule has 2 heterocycles. The van der Waals surface area contributed by atoms with Gasteiger partial charge in [0.1, 0.15) is 11.6 Å². The number of carbonyl (C=O) groups excluding carboxylic acids is 1. The molecule has 3 aromatic rings. The van der Waals surface area contributed by atoms with Gasteiger partial charge in [-0.1, -0.05) is 67.6 Å². The summed E-state index contributed by atoms with van der Waals surface area (Å²) >= 11 is 1.50. The van der Waals surface area contributed by atoms with E-state index in [2.05, 4.69) is 56.2 Å². The van der Waals surface area contributed by atoms with Crippen molar-refractivity contribution in [3.63, 3.8) is 0 Å². The highest BCUT2D eigenvalue weighted by atomic mass is 32.2. The average molecular weight is 502 g/mol. The Balaban J connectivity index is 1.60. The lowest BCUT2D eigenvalue weighted by molar-refractivity contribution is -0.118. The van der Waals surface area contributed by atoms with Crippen molar-refractivity contribution in [2.75, 3.05) is 12.4 Å². The van der Waals surface area contributed by atoms with Gasteiger partial charge in [0, 0.05) is 29.0 Å². The van der Waals surface area contributed by atoms with Crippen molar-refractivity contribution < 1.29 is 9.53 Å². The molecule has 186 valence electrons. The number of aryl methyl sites for hydroxylation is 2. The van der Waals surface area contributed by atoms with Gasteiger partial charge in [0.05, 0.1) is 18.6 Å². The minimum atomic E-state index is -0.536. The van der Waals surface area contributed by atoms with Crippen LogP contribution in [0, 0.1) is 19.3 Å². The summed E-state index contributed by atoms with van der Waals surface area (Å²) in [6.45, 7) is 8.37. The minimum Gasteiger partial charge on any atom is -0.496 e. The number of thioether (sulfide) groups is 1. The molecule has 1 aliphatic carbocycles. The Morgan fingerprint density at radius 3 is 2.64 bits per heavy atom. The molecule has 36 heavy (non-hydrogen) atoms. The van der Waals surface area contributed by atoms with Gasteiger partial charge >= 0.3 is 0 Å². The van der Waals surface area contributed by atoms with E-state index in [1.165, 1.54) is 28.5 Å². The molecule has 0 fully saturated rings. The highest BCUT2D eigenvalue weighted by Crippen LogP contribution is 2.49. The number of Topliss-reactive ketones (excluding diaryl/α,β-unsaturated/α-hetero) is 1. The van der Waals surface area contributed by atoms with Gasteiger partial charge in [0.2, 0.25) is 0 Å². The van der Waals surface area contributed by atoms with E-state index in [1.54, 1.807) is 7.11 Å². The summed E-state index contributed by atoms with van der Waals surface area (Å²) in [6.07, 6.45) is 1.14. The van der Waals surface area contributed by atoms with E-state index < -0.39 is 5.92 Å². The van der Waals surface area contributed by atoms with Crippen molar-refractivity contribution in [1.82, 2.24) is 9.97 Å². The number of ether oxygens (including phenoxy) is 1. The maximum absolute atomic E-state index is 13.6. The number of nitrogens with zero attached hydrogens (tertiary/aromatic N) is 1. The van der Waals surface area contributed by atoms with Gasteiger partial charge in [-0.05, 0) is 42.9 Å². The number of fused-ring (bicyclic) bond motifs is 1. The SMILES string of the molecule is COc1ccccc1C1C2=C(CC(C)(C)CC2=O)Nc2nc(SCc3ccc(C)cc3C)[nH]c(=O)c21. The number of methoxy groups -OCH3 is 1. The normalized spacial score (nSPS) is 18.4. The topological polar surface area (TPSA) is 84.1 Å². The van der Waals surface area contributed by atoms with E-state index in [4.69, 9.17) is 9.72 Å². The summed E-state index contributed by atoms with van der Waals surface area (Å²) in [7, 11) is 1.61. The molecule has 1 aromatic heterocycles. The largest absolute Gasteiger partial charge is 0.496 e. The Morgan fingerprint density at radius 2 is 1.89 bits per heavy atom. The first-order valence-corrected chi connectivity index (χ1v) is 13.1. The Morgan fingerprint density at radius 1 is 1.11 bits per heavy atom. The molecule has 1 atom stereocenters. The molecule has 0 saturated carbocycles. The third-order valence-corrected chi connectivity index (χ3v) is 7.93. The van der Waals surface area contributed by atoms with Gasteiger partial charge in [0.15, 0.2) is 10.9 Å². The fourth-order valence-electron chi connectivity index (χ4n) is 5.33. The van der Waals surface area contributed by atoms with Gasteiger partial charge < -0.3 is 15.0 Å². The Bertz CT molecular complexity index is 1450. The minimum absolute atomic E-state index is 0.0583. The summed E-state index contributed by atoms with van der Waals surface area (Å²) in [5.41, 5.74) is 5.99. The zero-order valence-corrected chi connectivity index (χ0v) is 22.1. The van der Waals surface area contributed by atoms with Crippen molar-refractivity contribution in [2.24, 2.45) is 5.41 Å². The summed E-state index contributed by atoms with van der Waals surface area (Å²) < 4.78 is 5.65. The number of allylic oxidation sites excluding steroid dienone is 2. The van der Waals surface area contributed by atoms with E-state index in [9.17, 15) is 9.59 Å². The van der Waals surface area contributed by atoms with Crippen LogP contribution in [-0.4, -0.2) is 22.9 Å². The van der Waals surface area contributed by atoms with E-state index in [1.807, 2.05) is 24.3 Å². The van der Waals surface area contributed by atoms with Crippen LogP contribution in [0.5, 0.6) is 5.75 Å². The first-order valence-electron chi connectivity index (χ1n) is 12.2. The van der Waals surface area contributed by atoms with Crippen LogP contribution in [0.4, 0.5) is 5.82 Å². The maximum Gasteiger partial charge on any atom is 0.257 e. The number of aromatic nitrogens is 2. The van der Waals surface area contributed by atoms with E-state index in [-0.39, 0.29) is 16.8 Å². The number of aromatic amines is 1. The standard InChI is InChI=1S/C29H31N3O3S/c1-16-10-11-18(17(2)12-16)15-36-28-31-26-25(27(34)32-28)23(19-8-6-7-9-22(19)35-5)24-20(30-26)13-29(3,4)14-21(24)33/h6-12,23H,13-15H2,1-5H3,(H2,30,31,32,34). The molecule has 5 rings (SSSR count). The van der Waals surface area contributed by atoms with Crippen LogP contribution in [-0.2, 0) is 10.5 Å². The molecule has 0 radical (unpaired) electrons. The molecule has 2 aromatic carbocycles. The summed E-state index contributed by atoms with van der Waals surface area (Å²) in [6, 6.07) is 14.0. The van der Waals surface area contributed by atoms with Crippen LogP contribution >= 0.6 is 11.8 Å². The Kier molecular flexibility index (Phi) is 6.29. The van der Waals surface area contributed by atoms with Crippen molar-refractivity contribution >= 4 is 23.4 Å². The Hall–Kier alpha value is -3.32. The summed E-state index contributed by atoms with van der Waals surface area (Å²) in [5.74, 6) is 1.38. The van der Waals surface area contributed by atoms with Gasteiger partial charge in [-0.25, -0.2) is 4.98 Å². The number of hydrogen-bond donors (Lipinski definition) is 2. The zero-order chi connectivity index (χ0) is 25.6. The van der Waals surface area contributed by atoms with Gasteiger partial charge in [-0.3, -0.25) is 9.59 Å². The smallest absolute Gasteiger partial charge is 0.257 e. The van der Waals surface area contributed by atoms with Crippen molar-refractivity contribution in [3.05, 3.63) is 91.9 Å². The number of rotatable bonds is 5. The Labute approximate surface area is 215 Å². The monoisotopic (exact) mass is 501 g/mol. The average Bonchev–Trinajstić information content (AvgIpc) is 2.81. The molecular weight excluding hydrogens is 470 g/mol.